The lowest BCUT2D eigenvalue weighted by molar-refractivity contribution is 0.0757. The third-order valence-corrected chi connectivity index (χ3v) is 5.56. The first-order chi connectivity index (χ1) is 9.75. The summed E-state index contributed by atoms with van der Waals surface area (Å²) in [6.07, 6.45) is 2.20. The van der Waals surface area contributed by atoms with Gasteiger partial charge in [-0.2, -0.15) is 0 Å². The third kappa shape index (κ3) is 3.83. The van der Waals surface area contributed by atoms with Crippen LogP contribution in [0.15, 0.2) is 17.0 Å². The summed E-state index contributed by atoms with van der Waals surface area (Å²) < 4.78 is 23.0. The zero-order valence-electron chi connectivity index (χ0n) is 11.3. The van der Waals surface area contributed by atoms with Crippen molar-refractivity contribution in [3.05, 3.63) is 27.7 Å². The fraction of sp³-hybridized carbons (Fsp3) is 0.462. The van der Waals surface area contributed by atoms with Gasteiger partial charge in [-0.1, -0.05) is 23.2 Å². The van der Waals surface area contributed by atoms with Gasteiger partial charge in [0.25, 0.3) is 15.0 Å². The maximum Gasteiger partial charge on any atom is 0.262 e. The van der Waals surface area contributed by atoms with Crippen LogP contribution in [0.5, 0.6) is 0 Å². The first kappa shape index (κ1) is 16.9. The van der Waals surface area contributed by atoms with Crippen LogP contribution < -0.4 is 0 Å². The molecule has 2 rings (SSSR count). The summed E-state index contributed by atoms with van der Waals surface area (Å²) in [6.45, 7) is 2.98. The second-order valence-corrected chi connectivity index (χ2v) is 8.28. The number of nitrogens with zero attached hydrogens (tertiary/aromatic N) is 1. The van der Waals surface area contributed by atoms with Gasteiger partial charge in [0.1, 0.15) is 4.90 Å². The summed E-state index contributed by atoms with van der Waals surface area (Å²) in [5.74, 6) is 0.132. The molecule has 1 aliphatic carbocycles. The number of rotatable bonds is 5. The van der Waals surface area contributed by atoms with Crippen molar-refractivity contribution in [2.24, 2.45) is 5.92 Å². The number of halogens is 3. The highest BCUT2D eigenvalue weighted by Gasteiger charge is 2.30. The Morgan fingerprint density at radius 2 is 1.95 bits per heavy atom. The first-order valence-corrected chi connectivity index (χ1v) is 9.54. The lowest BCUT2D eigenvalue weighted by Gasteiger charge is -2.22. The van der Waals surface area contributed by atoms with Crippen molar-refractivity contribution in [3.8, 4) is 0 Å². The van der Waals surface area contributed by atoms with Gasteiger partial charge in [-0.25, -0.2) is 8.42 Å². The largest absolute Gasteiger partial charge is 0.339 e. The van der Waals surface area contributed by atoms with E-state index in [1.807, 2.05) is 6.92 Å². The minimum absolute atomic E-state index is 0.0115. The van der Waals surface area contributed by atoms with Crippen LogP contribution in [0.2, 0.25) is 10.0 Å². The molecular formula is C13H14Cl3NO3S. The van der Waals surface area contributed by atoms with Crippen molar-refractivity contribution in [3.63, 3.8) is 0 Å². The Morgan fingerprint density at radius 3 is 2.43 bits per heavy atom. The van der Waals surface area contributed by atoms with E-state index in [-0.39, 0.29) is 26.4 Å². The number of carbonyl (C=O) groups is 1. The first-order valence-electron chi connectivity index (χ1n) is 6.47. The molecule has 1 saturated carbocycles. The number of benzene rings is 1. The quantitative estimate of drug-likeness (QED) is 0.741. The molecule has 4 nitrogen and oxygen atoms in total. The third-order valence-electron chi connectivity index (χ3n) is 3.38. The fourth-order valence-corrected chi connectivity index (χ4v) is 3.93. The van der Waals surface area contributed by atoms with Crippen LogP contribution in [0.1, 0.15) is 30.1 Å². The highest BCUT2D eigenvalue weighted by molar-refractivity contribution is 8.13. The van der Waals surface area contributed by atoms with E-state index < -0.39 is 9.05 Å². The highest BCUT2D eigenvalue weighted by atomic mass is 35.7. The van der Waals surface area contributed by atoms with Gasteiger partial charge in [0, 0.05) is 23.8 Å². The molecule has 0 aliphatic heterocycles. The summed E-state index contributed by atoms with van der Waals surface area (Å²) in [5, 5.41) is -0.111. The van der Waals surface area contributed by atoms with Crippen molar-refractivity contribution >= 4 is 48.8 Å². The molecule has 1 aromatic carbocycles. The van der Waals surface area contributed by atoms with Crippen molar-refractivity contribution in [1.29, 1.82) is 0 Å². The van der Waals surface area contributed by atoms with Crippen molar-refractivity contribution in [1.82, 2.24) is 4.90 Å². The van der Waals surface area contributed by atoms with Crippen LogP contribution in [0.25, 0.3) is 0 Å². The van der Waals surface area contributed by atoms with E-state index in [4.69, 9.17) is 33.9 Å². The fourth-order valence-electron chi connectivity index (χ4n) is 2.04. The standard InChI is InChI=1S/C13H14Cl3NO3S/c1-2-17(7-8-3-4-8)13(18)11-9(14)5-6-10(12(11)15)21(16,19)20/h5-6,8H,2-4,7H2,1H3. The van der Waals surface area contributed by atoms with E-state index >= 15 is 0 Å². The normalized spacial score (nSPS) is 15.0. The van der Waals surface area contributed by atoms with Gasteiger partial charge < -0.3 is 4.90 Å². The molecule has 0 N–H and O–H groups in total. The Morgan fingerprint density at radius 1 is 1.33 bits per heavy atom. The number of carbonyl (C=O) groups excluding carboxylic acids is 1. The molecule has 0 bridgehead atoms. The molecule has 0 aromatic heterocycles. The number of amides is 1. The topological polar surface area (TPSA) is 54.5 Å². The maximum atomic E-state index is 12.6. The molecule has 1 aliphatic rings. The van der Waals surface area contributed by atoms with Crippen LogP contribution in [0.3, 0.4) is 0 Å². The number of hydrogen-bond acceptors (Lipinski definition) is 3. The Hall–Kier alpha value is -0.490. The predicted octanol–water partition coefficient (Wildman–Crippen LogP) is 3.79. The van der Waals surface area contributed by atoms with Crippen LogP contribution in [-0.4, -0.2) is 32.3 Å². The second kappa shape index (κ2) is 6.32. The van der Waals surface area contributed by atoms with Gasteiger partial charge >= 0.3 is 0 Å². The number of hydrogen-bond donors (Lipinski definition) is 0. The van der Waals surface area contributed by atoms with E-state index in [1.54, 1.807) is 4.90 Å². The van der Waals surface area contributed by atoms with Crippen molar-refractivity contribution < 1.29 is 13.2 Å². The molecule has 1 amide bonds. The molecule has 0 spiro atoms. The summed E-state index contributed by atoms with van der Waals surface area (Å²) in [4.78, 5) is 13.9. The highest BCUT2D eigenvalue weighted by Crippen LogP contribution is 2.35. The minimum Gasteiger partial charge on any atom is -0.339 e. The molecule has 21 heavy (non-hydrogen) atoms. The van der Waals surface area contributed by atoms with E-state index in [9.17, 15) is 13.2 Å². The average molecular weight is 371 g/mol. The van der Waals surface area contributed by atoms with Crippen LogP contribution in [0, 0.1) is 5.92 Å². The van der Waals surface area contributed by atoms with Gasteiger partial charge in [-0.05, 0) is 37.8 Å². The van der Waals surface area contributed by atoms with Gasteiger partial charge in [0.2, 0.25) is 0 Å². The molecule has 1 fully saturated rings. The van der Waals surface area contributed by atoms with Crippen molar-refractivity contribution in [2.45, 2.75) is 24.7 Å². The van der Waals surface area contributed by atoms with E-state index in [0.29, 0.717) is 19.0 Å². The summed E-state index contributed by atoms with van der Waals surface area (Å²) in [7, 11) is 1.28. The summed E-state index contributed by atoms with van der Waals surface area (Å²) in [6, 6.07) is 2.52. The molecule has 0 heterocycles. The van der Waals surface area contributed by atoms with Gasteiger partial charge in [0.05, 0.1) is 15.6 Å². The molecule has 1 aromatic rings. The lowest BCUT2D eigenvalue weighted by Crippen LogP contribution is -2.33. The van der Waals surface area contributed by atoms with Gasteiger partial charge in [-0.3, -0.25) is 4.79 Å². The minimum atomic E-state index is -4.04. The maximum absolute atomic E-state index is 12.6. The van der Waals surface area contributed by atoms with Crippen LogP contribution >= 0.6 is 33.9 Å². The zero-order chi connectivity index (χ0) is 15.8. The molecule has 0 saturated heterocycles. The molecule has 0 radical (unpaired) electrons. The Balaban J connectivity index is 2.44. The Kier molecular flexibility index (Phi) is 5.08. The van der Waals surface area contributed by atoms with E-state index in [0.717, 1.165) is 12.8 Å². The van der Waals surface area contributed by atoms with Crippen LogP contribution in [-0.2, 0) is 9.05 Å². The molecule has 0 unspecified atom stereocenters. The SMILES string of the molecule is CCN(CC1CC1)C(=O)c1c(Cl)ccc(S(=O)(=O)Cl)c1Cl. The zero-order valence-corrected chi connectivity index (χ0v) is 14.4. The van der Waals surface area contributed by atoms with Gasteiger partial charge in [-0.15, -0.1) is 0 Å². The van der Waals surface area contributed by atoms with Crippen molar-refractivity contribution in [2.75, 3.05) is 13.1 Å². The lowest BCUT2D eigenvalue weighted by atomic mass is 10.2. The Bertz CT molecular complexity index is 671. The Labute approximate surface area is 138 Å². The molecular weight excluding hydrogens is 357 g/mol. The van der Waals surface area contributed by atoms with Crippen LogP contribution in [0.4, 0.5) is 0 Å². The summed E-state index contributed by atoms with van der Waals surface area (Å²) in [5.41, 5.74) is -0.0115. The molecule has 8 heteroatoms. The van der Waals surface area contributed by atoms with E-state index in [1.165, 1.54) is 12.1 Å². The smallest absolute Gasteiger partial charge is 0.262 e. The van der Waals surface area contributed by atoms with E-state index in [2.05, 4.69) is 0 Å². The monoisotopic (exact) mass is 369 g/mol. The van der Waals surface area contributed by atoms with Gasteiger partial charge in [0.15, 0.2) is 0 Å². The average Bonchev–Trinajstić information content (AvgIpc) is 3.17. The molecule has 116 valence electrons. The predicted molar refractivity (Wildman–Crippen MR) is 83.8 cm³/mol. The second-order valence-electron chi connectivity index (χ2n) is 4.96. The summed E-state index contributed by atoms with van der Waals surface area (Å²) >= 11 is 12.1. The molecule has 0 atom stereocenters.